The summed E-state index contributed by atoms with van der Waals surface area (Å²) in [6, 6.07) is 8.36. The molecule has 2 rings (SSSR count). The summed E-state index contributed by atoms with van der Waals surface area (Å²) in [5.74, 6) is 3.19. The summed E-state index contributed by atoms with van der Waals surface area (Å²) in [5.41, 5.74) is 1.35. The highest BCUT2D eigenvalue weighted by molar-refractivity contribution is 5.79. The van der Waals surface area contributed by atoms with E-state index in [1.165, 1.54) is 37.9 Å². The second-order valence-electron chi connectivity index (χ2n) is 7.42. The van der Waals surface area contributed by atoms with E-state index in [4.69, 9.17) is 4.74 Å². The van der Waals surface area contributed by atoms with E-state index < -0.39 is 0 Å². The Morgan fingerprint density at radius 2 is 1.85 bits per heavy atom. The van der Waals surface area contributed by atoms with Gasteiger partial charge in [0.2, 0.25) is 0 Å². The van der Waals surface area contributed by atoms with E-state index >= 15 is 0 Å². The molecule has 1 aromatic carbocycles. The van der Waals surface area contributed by atoms with Crippen molar-refractivity contribution in [1.82, 2.24) is 15.5 Å². The standard InChI is InChI=1S/C21H36N4O/c1-17(19-5-7-20(26-4)8-6-19)9-13-23-21(22-2)24-14-10-18-11-15-25(3)16-12-18/h5-8,17-18H,9-16H2,1-4H3,(H2,22,23,24). The normalized spacial score (nSPS) is 17.8. The van der Waals surface area contributed by atoms with E-state index in [2.05, 4.69) is 46.6 Å². The lowest BCUT2D eigenvalue weighted by Crippen LogP contribution is -2.39. The molecular formula is C21H36N4O. The molecule has 1 aliphatic rings. The van der Waals surface area contributed by atoms with Crippen LogP contribution in [0.15, 0.2) is 29.3 Å². The SMILES string of the molecule is CN=C(NCCC1CCN(C)CC1)NCCC(C)c1ccc(OC)cc1. The highest BCUT2D eigenvalue weighted by Crippen LogP contribution is 2.21. The van der Waals surface area contributed by atoms with Crippen LogP contribution in [-0.4, -0.2) is 58.2 Å². The molecule has 1 atom stereocenters. The average molecular weight is 361 g/mol. The van der Waals surface area contributed by atoms with Crippen molar-refractivity contribution >= 4 is 5.96 Å². The Labute approximate surface area is 159 Å². The molecule has 1 aliphatic heterocycles. The van der Waals surface area contributed by atoms with Gasteiger partial charge < -0.3 is 20.3 Å². The number of benzene rings is 1. The maximum atomic E-state index is 5.22. The Kier molecular flexibility index (Phi) is 8.75. The smallest absolute Gasteiger partial charge is 0.190 e. The molecule has 0 bridgehead atoms. The third-order valence-electron chi connectivity index (χ3n) is 5.46. The molecule has 0 radical (unpaired) electrons. The van der Waals surface area contributed by atoms with Crippen molar-refractivity contribution in [2.45, 2.75) is 38.5 Å². The van der Waals surface area contributed by atoms with Crippen LogP contribution in [0.25, 0.3) is 0 Å². The Hall–Kier alpha value is -1.75. The van der Waals surface area contributed by atoms with Gasteiger partial charge in [0, 0.05) is 20.1 Å². The Balaban J connectivity index is 1.63. The second kappa shape index (κ2) is 11.1. The van der Waals surface area contributed by atoms with Gasteiger partial charge in [-0.1, -0.05) is 19.1 Å². The molecule has 5 nitrogen and oxygen atoms in total. The zero-order chi connectivity index (χ0) is 18.8. The number of likely N-dealkylation sites (tertiary alicyclic amines) is 1. The summed E-state index contributed by atoms with van der Waals surface area (Å²) in [6.07, 6.45) is 4.95. The van der Waals surface area contributed by atoms with Crippen molar-refractivity contribution in [3.05, 3.63) is 29.8 Å². The van der Waals surface area contributed by atoms with Gasteiger partial charge in [-0.2, -0.15) is 0 Å². The minimum atomic E-state index is 0.505. The molecule has 0 amide bonds. The lowest BCUT2D eigenvalue weighted by Gasteiger charge is -2.29. The van der Waals surface area contributed by atoms with Crippen molar-refractivity contribution in [3.63, 3.8) is 0 Å². The van der Waals surface area contributed by atoms with Crippen LogP contribution < -0.4 is 15.4 Å². The highest BCUT2D eigenvalue weighted by Gasteiger charge is 2.16. The first-order valence-corrected chi connectivity index (χ1v) is 9.89. The number of methoxy groups -OCH3 is 1. The number of rotatable bonds is 8. The van der Waals surface area contributed by atoms with Crippen LogP contribution in [-0.2, 0) is 0 Å². The minimum absolute atomic E-state index is 0.505. The van der Waals surface area contributed by atoms with Crippen molar-refractivity contribution in [2.75, 3.05) is 47.4 Å². The molecule has 26 heavy (non-hydrogen) atoms. The molecule has 1 heterocycles. The Bertz CT molecular complexity index is 535. The largest absolute Gasteiger partial charge is 0.497 e. The average Bonchev–Trinajstić information content (AvgIpc) is 2.68. The summed E-state index contributed by atoms with van der Waals surface area (Å²) in [5, 5.41) is 6.91. The number of ether oxygens (including phenoxy) is 1. The highest BCUT2D eigenvalue weighted by atomic mass is 16.5. The lowest BCUT2D eigenvalue weighted by atomic mass is 9.94. The van der Waals surface area contributed by atoms with Crippen LogP contribution >= 0.6 is 0 Å². The second-order valence-corrected chi connectivity index (χ2v) is 7.42. The summed E-state index contributed by atoms with van der Waals surface area (Å²) in [7, 11) is 5.76. The van der Waals surface area contributed by atoms with Gasteiger partial charge in [0.25, 0.3) is 0 Å². The third-order valence-corrected chi connectivity index (χ3v) is 5.46. The predicted molar refractivity (Wildman–Crippen MR) is 110 cm³/mol. The van der Waals surface area contributed by atoms with Crippen LogP contribution in [0.5, 0.6) is 5.75 Å². The van der Waals surface area contributed by atoms with E-state index in [0.717, 1.165) is 37.1 Å². The molecule has 0 aliphatic carbocycles. The fourth-order valence-electron chi connectivity index (χ4n) is 3.47. The van der Waals surface area contributed by atoms with E-state index in [1.54, 1.807) is 7.11 Å². The Morgan fingerprint density at radius 1 is 1.19 bits per heavy atom. The van der Waals surface area contributed by atoms with Crippen LogP contribution in [0.4, 0.5) is 0 Å². The van der Waals surface area contributed by atoms with E-state index in [0.29, 0.717) is 5.92 Å². The molecule has 0 saturated carbocycles. The zero-order valence-electron chi connectivity index (χ0n) is 16.9. The van der Waals surface area contributed by atoms with Gasteiger partial charge in [-0.15, -0.1) is 0 Å². The molecule has 1 fully saturated rings. The van der Waals surface area contributed by atoms with Crippen LogP contribution in [0.1, 0.15) is 44.1 Å². The first-order chi connectivity index (χ1) is 12.6. The van der Waals surface area contributed by atoms with Crippen LogP contribution in [0, 0.1) is 5.92 Å². The molecule has 1 aromatic rings. The van der Waals surface area contributed by atoms with Crippen molar-refractivity contribution in [2.24, 2.45) is 10.9 Å². The minimum Gasteiger partial charge on any atom is -0.497 e. The summed E-state index contributed by atoms with van der Waals surface area (Å²) < 4.78 is 5.22. The number of hydrogen-bond donors (Lipinski definition) is 2. The van der Waals surface area contributed by atoms with Gasteiger partial charge in [0.1, 0.15) is 5.75 Å². The summed E-state index contributed by atoms with van der Waals surface area (Å²) in [4.78, 5) is 6.77. The number of nitrogens with zero attached hydrogens (tertiary/aromatic N) is 2. The molecular weight excluding hydrogens is 324 g/mol. The molecule has 5 heteroatoms. The van der Waals surface area contributed by atoms with Gasteiger partial charge in [-0.3, -0.25) is 4.99 Å². The van der Waals surface area contributed by atoms with E-state index in [-0.39, 0.29) is 0 Å². The first-order valence-electron chi connectivity index (χ1n) is 9.89. The van der Waals surface area contributed by atoms with Gasteiger partial charge in [0.05, 0.1) is 7.11 Å². The number of nitrogens with one attached hydrogen (secondary N) is 2. The number of hydrogen-bond acceptors (Lipinski definition) is 3. The van der Waals surface area contributed by atoms with Crippen LogP contribution in [0.3, 0.4) is 0 Å². The molecule has 146 valence electrons. The molecule has 0 spiro atoms. The number of piperidine rings is 1. The molecule has 1 unspecified atom stereocenters. The number of aliphatic imine (C=N–C) groups is 1. The Morgan fingerprint density at radius 3 is 2.46 bits per heavy atom. The van der Waals surface area contributed by atoms with E-state index in [1.807, 2.05) is 19.2 Å². The summed E-state index contributed by atoms with van der Waals surface area (Å²) in [6.45, 7) is 6.66. The molecule has 0 aromatic heterocycles. The summed E-state index contributed by atoms with van der Waals surface area (Å²) >= 11 is 0. The maximum absolute atomic E-state index is 5.22. The quantitative estimate of drug-likeness (QED) is 0.552. The van der Waals surface area contributed by atoms with Gasteiger partial charge in [0.15, 0.2) is 5.96 Å². The fraction of sp³-hybridized carbons (Fsp3) is 0.667. The predicted octanol–water partition coefficient (Wildman–Crippen LogP) is 3.09. The monoisotopic (exact) mass is 360 g/mol. The number of guanidine groups is 1. The maximum Gasteiger partial charge on any atom is 0.190 e. The van der Waals surface area contributed by atoms with Gasteiger partial charge >= 0.3 is 0 Å². The van der Waals surface area contributed by atoms with E-state index in [9.17, 15) is 0 Å². The first kappa shape index (κ1) is 20.6. The van der Waals surface area contributed by atoms with Crippen molar-refractivity contribution in [3.8, 4) is 5.75 Å². The van der Waals surface area contributed by atoms with Gasteiger partial charge in [-0.25, -0.2) is 0 Å². The molecule has 1 saturated heterocycles. The topological polar surface area (TPSA) is 48.9 Å². The van der Waals surface area contributed by atoms with Gasteiger partial charge in [-0.05, 0) is 75.4 Å². The third kappa shape index (κ3) is 6.87. The molecule has 2 N–H and O–H groups in total. The van der Waals surface area contributed by atoms with Crippen molar-refractivity contribution < 1.29 is 4.74 Å². The fourth-order valence-corrected chi connectivity index (χ4v) is 3.47. The zero-order valence-corrected chi connectivity index (χ0v) is 16.9. The lowest BCUT2D eigenvalue weighted by molar-refractivity contribution is 0.213. The van der Waals surface area contributed by atoms with Crippen LogP contribution in [0.2, 0.25) is 0 Å². The van der Waals surface area contributed by atoms with Crippen molar-refractivity contribution in [1.29, 1.82) is 0 Å².